The van der Waals surface area contributed by atoms with Gasteiger partial charge in [0.05, 0.1) is 11.9 Å². The molecular formula is C23H23F2N3O. The Bertz CT molecular complexity index is 1070. The number of halogens is 2. The smallest absolute Gasteiger partial charge is 0.228 e. The molecule has 1 N–H and O–H groups in total. The lowest BCUT2D eigenvalue weighted by Gasteiger charge is -2.20. The number of carbonyl (C=O) groups is 1. The van der Waals surface area contributed by atoms with Crippen LogP contribution in [0.15, 0.2) is 36.4 Å². The molecule has 1 amide bonds. The van der Waals surface area contributed by atoms with E-state index in [1.54, 1.807) is 4.90 Å². The molecule has 150 valence electrons. The second-order valence-electron chi connectivity index (χ2n) is 7.53. The first-order valence-electron chi connectivity index (χ1n) is 9.82. The van der Waals surface area contributed by atoms with Crippen LogP contribution >= 0.6 is 0 Å². The predicted molar refractivity (Wildman–Crippen MR) is 111 cm³/mol. The molecule has 0 aliphatic carbocycles. The van der Waals surface area contributed by atoms with Crippen LogP contribution in [0.1, 0.15) is 29.7 Å². The Morgan fingerprint density at radius 1 is 1.10 bits per heavy atom. The van der Waals surface area contributed by atoms with Gasteiger partial charge in [-0.05, 0) is 56.0 Å². The summed E-state index contributed by atoms with van der Waals surface area (Å²) in [6.07, 6.45) is 1.94. The third-order valence-corrected chi connectivity index (χ3v) is 5.55. The number of nitrogens with one attached hydrogen (secondary N) is 1. The quantitative estimate of drug-likeness (QED) is 0.683. The maximum absolute atomic E-state index is 14.5. The molecule has 1 aliphatic heterocycles. The van der Waals surface area contributed by atoms with Gasteiger partial charge in [-0.2, -0.15) is 0 Å². The van der Waals surface area contributed by atoms with Gasteiger partial charge < -0.3 is 10.2 Å². The van der Waals surface area contributed by atoms with Gasteiger partial charge in [0, 0.05) is 29.9 Å². The minimum absolute atomic E-state index is 0.00841. The molecular weight excluding hydrogens is 372 g/mol. The zero-order chi connectivity index (χ0) is 20.5. The van der Waals surface area contributed by atoms with E-state index in [9.17, 15) is 13.6 Å². The first kappa shape index (κ1) is 19.3. The lowest BCUT2D eigenvalue weighted by molar-refractivity contribution is -0.115. The van der Waals surface area contributed by atoms with Crippen molar-refractivity contribution in [2.24, 2.45) is 0 Å². The largest absolute Gasteiger partial charge is 0.367 e. The standard InChI is InChI=1S/C23H23F2N3O/c1-14-17-7-3-4-8-21(17)26-15(2)18(14)13-22(29)27-16-11-19(24)23(20(25)12-16)28-9-5-6-10-28/h3-4,7-8,11-12H,5-6,9-10,13H2,1-2H3,(H,27,29). The van der Waals surface area contributed by atoms with Crippen molar-refractivity contribution >= 4 is 28.2 Å². The van der Waals surface area contributed by atoms with Crippen LogP contribution in [0.5, 0.6) is 0 Å². The van der Waals surface area contributed by atoms with E-state index in [0.717, 1.165) is 40.6 Å². The summed E-state index contributed by atoms with van der Waals surface area (Å²) in [6.45, 7) is 5.12. The van der Waals surface area contributed by atoms with Crippen molar-refractivity contribution in [2.75, 3.05) is 23.3 Å². The molecule has 0 bridgehead atoms. The van der Waals surface area contributed by atoms with E-state index in [-0.39, 0.29) is 23.7 Å². The van der Waals surface area contributed by atoms with Crippen molar-refractivity contribution < 1.29 is 13.6 Å². The molecule has 29 heavy (non-hydrogen) atoms. The van der Waals surface area contributed by atoms with Crippen LogP contribution in [0.4, 0.5) is 20.2 Å². The molecule has 0 radical (unpaired) electrons. The fourth-order valence-corrected chi connectivity index (χ4v) is 4.08. The Kier molecular flexibility index (Phi) is 5.18. The Balaban J connectivity index is 1.55. The molecule has 0 atom stereocenters. The zero-order valence-electron chi connectivity index (χ0n) is 16.6. The number of hydrogen-bond donors (Lipinski definition) is 1. The third-order valence-electron chi connectivity index (χ3n) is 5.55. The zero-order valence-corrected chi connectivity index (χ0v) is 16.6. The number of pyridine rings is 1. The molecule has 1 aliphatic rings. The molecule has 1 fully saturated rings. The Labute approximate surface area is 168 Å². The summed E-state index contributed by atoms with van der Waals surface area (Å²) in [7, 11) is 0. The predicted octanol–water partition coefficient (Wildman–Crippen LogP) is 4.91. The Morgan fingerprint density at radius 2 is 1.76 bits per heavy atom. The number of para-hydroxylation sites is 1. The van der Waals surface area contributed by atoms with Crippen LogP contribution in [0.3, 0.4) is 0 Å². The van der Waals surface area contributed by atoms with Crippen molar-refractivity contribution in [1.29, 1.82) is 0 Å². The van der Waals surface area contributed by atoms with Gasteiger partial charge in [-0.1, -0.05) is 18.2 Å². The van der Waals surface area contributed by atoms with Gasteiger partial charge in [-0.3, -0.25) is 9.78 Å². The number of aromatic nitrogens is 1. The molecule has 0 saturated carbocycles. The average Bonchev–Trinajstić information content (AvgIpc) is 3.19. The summed E-state index contributed by atoms with van der Waals surface area (Å²) in [5, 5.41) is 3.62. The summed E-state index contributed by atoms with van der Waals surface area (Å²) < 4.78 is 29.0. The first-order chi connectivity index (χ1) is 13.9. The highest BCUT2D eigenvalue weighted by Gasteiger charge is 2.22. The lowest BCUT2D eigenvalue weighted by Crippen LogP contribution is -2.21. The molecule has 1 saturated heterocycles. The van der Waals surface area contributed by atoms with E-state index < -0.39 is 11.6 Å². The third kappa shape index (κ3) is 3.79. The summed E-state index contributed by atoms with van der Waals surface area (Å²) in [5.41, 5.74) is 3.59. The maximum atomic E-state index is 14.5. The van der Waals surface area contributed by atoms with E-state index >= 15 is 0 Å². The van der Waals surface area contributed by atoms with Crippen LogP contribution in [0.25, 0.3) is 10.9 Å². The number of fused-ring (bicyclic) bond motifs is 1. The van der Waals surface area contributed by atoms with Crippen LogP contribution in [-0.2, 0) is 11.2 Å². The summed E-state index contributed by atoms with van der Waals surface area (Å²) in [5.74, 6) is -1.63. The van der Waals surface area contributed by atoms with Crippen molar-refractivity contribution in [3.05, 3.63) is 64.9 Å². The monoisotopic (exact) mass is 395 g/mol. The van der Waals surface area contributed by atoms with Gasteiger partial charge in [-0.15, -0.1) is 0 Å². The van der Waals surface area contributed by atoms with Crippen molar-refractivity contribution in [2.45, 2.75) is 33.1 Å². The highest BCUT2D eigenvalue weighted by molar-refractivity contribution is 5.94. The highest BCUT2D eigenvalue weighted by Crippen LogP contribution is 2.30. The van der Waals surface area contributed by atoms with Gasteiger partial charge in [0.1, 0.15) is 5.69 Å². The minimum Gasteiger partial charge on any atom is -0.367 e. The number of nitrogens with zero attached hydrogens (tertiary/aromatic N) is 2. The number of carbonyl (C=O) groups excluding carboxylic acids is 1. The van der Waals surface area contributed by atoms with Gasteiger partial charge >= 0.3 is 0 Å². The fourth-order valence-electron chi connectivity index (χ4n) is 4.08. The van der Waals surface area contributed by atoms with Gasteiger partial charge in [-0.25, -0.2) is 8.78 Å². The van der Waals surface area contributed by atoms with Gasteiger partial charge in [0.25, 0.3) is 0 Å². The number of amides is 1. The maximum Gasteiger partial charge on any atom is 0.228 e. The number of benzene rings is 2. The van der Waals surface area contributed by atoms with Crippen LogP contribution in [0, 0.1) is 25.5 Å². The molecule has 2 aromatic carbocycles. The fraction of sp³-hybridized carbons (Fsp3) is 0.304. The van der Waals surface area contributed by atoms with E-state index in [2.05, 4.69) is 10.3 Å². The Morgan fingerprint density at radius 3 is 2.45 bits per heavy atom. The van der Waals surface area contributed by atoms with Crippen molar-refractivity contribution in [3.63, 3.8) is 0 Å². The van der Waals surface area contributed by atoms with E-state index in [4.69, 9.17) is 0 Å². The minimum atomic E-state index is -0.651. The molecule has 2 heterocycles. The van der Waals surface area contributed by atoms with E-state index in [0.29, 0.717) is 13.1 Å². The average molecular weight is 395 g/mol. The van der Waals surface area contributed by atoms with Crippen molar-refractivity contribution in [1.82, 2.24) is 4.98 Å². The molecule has 4 rings (SSSR count). The molecule has 0 spiro atoms. The molecule has 0 unspecified atom stereocenters. The van der Waals surface area contributed by atoms with Crippen LogP contribution < -0.4 is 10.2 Å². The van der Waals surface area contributed by atoms with E-state index in [1.165, 1.54) is 12.1 Å². The summed E-state index contributed by atoms with van der Waals surface area (Å²) in [6, 6.07) is 10.1. The molecule has 1 aromatic heterocycles. The van der Waals surface area contributed by atoms with Crippen LogP contribution in [0.2, 0.25) is 0 Å². The lowest BCUT2D eigenvalue weighted by atomic mass is 9.99. The molecule has 4 nitrogen and oxygen atoms in total. The van der Waals surface area contributed by atoms with E-state index in [1.807, 2.05) is 38.1 Å². The number of hydrogen-bond acceptors (Lipinski definition) is 3. The number of aryl methyl sites for hydroxylation is 2. The topological polar surface area (TPSA) is 45.2 Å². The van der Waals surface area contributed by atoms with Crippen molar-refractivity contribution in [3.8, 4) is 0 Å². The van der Waals surface area contributed by atoms with Gasteiger partial charge in [0.2, 0.25) is 5.91 Å². The Hall–Kier alpha value is -3.02. The second-order valence-corrected chi connectivity index (χ2v) is 7.53. The number of anilines is 2. The van der Waals surface area contributed by atoms with Gasteiger partial charge in [0.15, 0.2) is 11.6 Å². The normalized spacial score (nSPS) is 13.9. The second kappa shape index (κ2) is 7.78. The number of rotatable bonds is 4. The molecule has 6 heteroatoms. The molecule has 3 aromatic rings. The van der Waals surface area contributed by atoms with Crippen LogP contribution in [-0.4, -0.2) is 24.0 Å². The SMILES string of the molecule is Cc1nc2ccccc2c(C)c1CC(=O)Nc1cc(F)c(N2CCCC2)c(F)c1. The summed E-state index contributed by atoms with van der Waals surface area (Å²) >= 11 is 0. The summed E-state index contributed by atoms with van der Waals surface area (Å²) in [4.78, 5) is 18.9. The first-order valence-corrected chi connectivity index (χ1v) is 9.82. The highest BCUT2D eigenvalue weighted by atomic mass is 19.1.